The van der Waals surface area contributed by atoms with E-state index in [1.807, 2.05) is 0 Å². The first kappa shape index (κ1) is 13.8. The van der Waals surface area contributed by atoms with Gasteiger partial charge in [-0.2, -0.15) is 0 Å². The predicted octanol–water partition coefficient (Wildman–Crippen LogP) is 5.24. The molecule has 0 heterocycles. The van der Waals surface area contributed by atoms with Crippen molar-refractivity contribution in [3.05, 3.63) is 23.8 Å². The first-order valence-corrected chi connectivity index (χ1v) is 8.27. The van der Waals surface area contributed by atoms with Crippen molar-refractivity contribution in [3.8, 4) is 5.75 Å². The number of rotatable bonds is 4. The van der Waals surface area contributed by atoms with Crippen LogP contribution in [0.25, 0.3) is 0 Å². The van der Waals surface area contributed by atoms with Crippen LogP contribution < -0.4 is 4.74 Å². The van der Waals surface area contributed by atoms with Crippen molar-refractivity contribution in [1.82, 2.24) is 0 Å². The lowest BCUT2D eigenvalue weighted by molar-refractivity contribution is 0.236. The van der Waals surface area contributed by atoms with Crippen LogP contribution in [0.15, 0.2) is 23.1 Å². The average Bonchev–Trinajstić information content (AvgIpc) is 2.39. The Kier molecular flexibility index (Phi) is 4.99. The van der Waals surface area contributed by atoms with E-state index in [2.05, 4.69) is 38.3 Å². The van der Waals surface area contributed by atoms with E-state index >= 15 is 0 Å². The van der Waals surface area contributed by atoms with Gasteiger partial charge in [0.15, 0.2) is 0 Å². The van der Waals surface area contributed by atoms with Gasteiger partial charge in [0.2, 0.25) is 0 Å². The Balaban J connectivity index is 2.17. The summed E-state index contributed by atoms with van der Waals surface area (Å²) in [5, 5.41) is 0. The van der Waals surface area contributed by atoms with E-state index in [9.17, 15) is 0 Å². The van der Waals surface area contributed by atoms with Gasteiger partial charge in [0, 0.05) is 4.90 Å². The normalized spacial score (nSPS) is 17.1. The molecule has 2 rings (SSSR count). The van der Waals surface area contributed by atoms with Gasteiger partial charge in [-0.15, -0.1) is 11.8 Å². The van der Waals surface area contributed by atoms with Crippen molar-refractivity contribution >= 4 is 11.8 Å². The summed E-state index contributed by atoms with van der Waals surface area (Å²) in [6, 6.07) is 6.78. The minimum absolute atomic E-state index is 0.247. The Morgan fingerprint density at radius 1 is 1.17 bits per heavy atom. The molecule has 0 amide bonds. The van der Waals surface area contributed by atoms with Gasteiger partial charge < -0.3 is 4.74 Å². The fourth-order valence-corrected chi connectivity index (χ4v) is 3.30. The summed E-state index contributed by atoms with van der Waals surface area (Å²) in [4.78, 5) is 1.28. The highest BCUT2D eigenvalue weighted by Crippen LogP contribution is 2.37. The highest BCUT2D eigenvalue weighted by atomic mass is 32.2. The molecule has 1 nitrogen and oxygen atoms in total. The summed E-state index contributed by atoms with van der Waals surface area (Å²) in [5.41, 5.74) is 1.51. The first-order valence-electron chi connectivity index (χ1n) is 7.05. The molecule has 0 aromatic heterocycles. The lowest BCUT2D eigenvalue weighted by Gasteiger charge is -2.23. The van der Waals surface area contributed by atoms with Gasteiger partial charge in [0.1, 0.15) is 5.75 Å². The third-order valence-corrected chi connectivity index (χ3v) is 4.39. The summed E-state index contributed by atoms with van der Waals surface area (Å²) in [6.07, 6.45) is 9.30. The minimum Gasteiger partial charge on any atom is -0.490 e. The molecule has 0 atom stereocenters. The summed E-state index contributed by atoms with van der Waals surface area (Å²) in [6.45, 7) is 4.16. The molecule has 1 aromatic carbocycles. The number of hydrogen-bond acceptors (Lipinski definition) is 2. The Bertz CT molecular complexity index is 381. The topological polar surface area (TPSA) is 9.23 Å². The molecule has 0 spiro atoms. The zero-order chi connectivity index (χ0) is 13.0. The maximum Gasteiger partial charge on any atom is 0.133 e. The molecule has 1 aliphatic rings. The third kappa shape index (κ3) is 3.44. The second kappa shape index (κ2) is 6.51. The number of thioether (sulfide) groups is 1. The highest BCUT2D eigenvalue weighted by Gasteiger charge is 2.17. The number of benzene rings is 1. The average molecular weight is 264 g/mol. The van der Waals surface area contributed by atoms with Crippen molar-refractivity contribution in [2.24, 2.45) is 0 Å². The minimum atomic E-state index is 0.247. The van der Waals surface area contributed by atoms with Crippen LogP contribution in [-0.4, -0.2) is 12.4 Å². The summed E-state index contributed by atoms with van der Waals surface area (Å²) in [5.74, 6) is 1.81. The molecule has 1 fully saturated rings. The van der Waals surface area contributed by atoms with E-state index in [-0.39, 0.29) is 6.10 Å². The van der Waals surface area contributed by atoms with Crippen LogP contribution in [0.4, 0.5) is 0 Å². The number of ether oxygens (including phenoxy) is 1. The van der Waals surface area contributed by atoms with Crippen LogP contribution in [0.3, 0.4) is 0 Å². The summed E-state index contributed by atoms with van der Waals surface area (Å²) < 4.78 is 5.86. The van der Waals surface area contributed by atoms with Crippen molar-refractivity contribution in [2.75, 3.05) is 6.26 Å². The van der Waals surface area contributed by atoms with Gasteiger partial charge in [-0.3, -0.25) is 0 Å². The molecule has 2 heteroatoms. The zero-order valence-electron chi connectivity index (χ0n) is 11.7. The molecule has 0 aliphatic heterocycles. The third-order valence-electron chi connectivity index (χ3n) is 3.63. The smallest absolute Gasteiger partial charge is 0.133 e. The van der Waals surface area contributed by atoms with E-state index in [1.165, 1.54) is 42.6 Å². The Morgan fingerprint density at radius 3 is 2.50 bits per heavy atom. The SMILES string of the molecule is CSc1cc(C2CCCCC2)ccc1OC(C)C. The molecule has 18 heavy (non-hydrogen) atoms. The van der Waals surface area contributed by atoms with Gasteiger partial charge in [0.25, 0.3) is 0 Å². The maximum atomic E-state index is 5.86. The van der Waals surface area contributed by atoms with E-state index in [4.69, 9.17) is 4.74 Å². The van der Waals surface area contributed by atoms with E-state index in [1.54, 1.807) is 11.8 Å². The van der Waals surface area contributed by atoms with Gasteiger partial charge in [-0.1, -0.05) is 25.3 Å². The molecule has 0 saturated heterocycles. The number of hydrogen-bond donors (Lipinski definition) is 0. The lowest BCUT2D eigenvalue weighted by Crippen LogP contribution is -2.08. The largest absolute Gasteiger partial charge is 0.490 e. The predicted molar refractivity (Wildman–Crippen MR) is 79.8 cm³/mol. The Labute approximate surface area is 115 Å². The quantitative estimate of drug-likeness (QED) is 0.687. The van der Waals surface area contributed by atoms with Crippen LogP contribution in [0, 0.1) is 0 Å². The lowest BCUT2D eigenvalue weighted by atomic mass is 9.84. The van der Waals surface area contributed by atoms with Crippen LogP contribution in [0.5, 0.6) is 5.75 Å². The van der Waals surface area contributed by atoms with E-state index in [0.29, 0.717) is 0 Å². The molecule has 1 saturated carbocycles. The van der Waals surface area contributed by atoms with Gasteiger partial charge in [-0.05, 0) is 56.6 Å². The maximum absolute atomic E-state index is 5.86. The van der Waals surface area contributed by atoms with Crippen LogP contribution in [-0.2, 0) is 0 Å². The van der Waals surface area contributed by atoms with Gasteiger partial charge >= 0.3 is 0 Å². The molecule has 1 aliphatic carbocycles. The Hall–Kier alpha value is -0.630. The van der Waals surface area contributed by atoms with Crippen LogP contribution in [0.2, 0.25) is 0 Å². The van der Waals surface area contributed by atoms with Crippen LogP contribution in [0.1, 0.15) is 57.4 Å². The van der Waals surface area contributed by atoms with Gasteiger partial charge in [0.05, 0.1) is 6.10 Å². The molecular weight excluding hydrogens is 240 g/mol. The second-order valence-corrected chi connectivity index (χ2v) is 6.26. The van der Waals surface area contributed by atoms with Crippen molar-refractivity contribution in [1.29, 1.82) is 0 Å². The molecule has 0 bridgehead atoms. The summed E-state index contributed by atoms with van der Waals surface area (Å²) >= 11 is 1.79. The molecular formula is C16H24OS. The van der Waals surface area contributed by atoms with Crippen molar-refractivity contribution in [2.45, 2.75) is 62.9 Å². The molecule has 0 radical (unpaired) electrons. The summed E-state index contributed by atoms with van der Waals surface area (Å²) in [7, 11) is 0. The van der Waals surface area contributed by atoms with E-state index < -0.39 is 0 Å². The molecule has 0 unspecified atom stereocenters. The fraction of sp³-hybridized carbons (Fsp3) is 0.625. The molecule has 1 aromatic rings. The van der Waals surface area contributed by atoms with Gasteiger partial charge in [-0.25, -0.2) is 0 Å². The second-order valence-electron chi connectivity index (χ2n) is 5.41. The monoisotopic (exact) mass is 264 g/mol. The van der Waals surface area contributed by atoms with Crippen molar-refractivity contribution < 1.29 is 4.74 Å². The van der Waals surface area contributed by atoms with Crippen molar-refractivity contribution in [3.63, 3.8) is 0 Å². The molecule has 100 valence electrons. The first-order chi connectivity index (χ1) is 8.70. The standard InChI is InChI=1S/C16H24OS/c1-12(2)17-15-10-9-14(11-16(15)18-3)13-7-5-4-6-8-13/h9-13H,4-8H2,1-3H3. The van der Waals surface area contributed by atoms with Crippen LogP contribution >= 0.6 is 11.8 Å². The zero-order valence-corrected chi connectivity index (χ0v) is 12.6. The van der Waals surface area contributed by atoms with E-state index in [0.717, 1.165) is 11.7 Å². The fourth-order valence-electron chi connectivity index (χ4n) is 2.73. The Morgan fingerprint density at radius 2 is 1.89 bits per heavy atom. The molecule has 0 N–H and O–H groups in total. The highest BCUT2D eigenvalue weighted by molar-refractivity contribution is 7.98.